The number of furan rings is 1. The Morgan fingerprint density at radius 2 is 2.47 bits per heavy atom. The van der Waals surface area contributed by atoms with E-state index < -0.39 is 0 Å². The van der Waals surface area contributed by atoms with Gasteiger partial charge in [-0.05, 0) is 44.6 Å². The van der Waals surface area contributed by atoms with Crippen LogP contribution in [-0.4, -0.2) is 11.6 Å². The molecule has 2 rings (SSSR count). The molecule has 4 nitrogen and oxygen atoms in total. The van der Waals surface area contributed by atoms with Gasteiger partial charge in [0, 0.05) is 5.71 Å². The second kappa shape index (κ2) is 5.17. The number of amides is 1. The molecule has 0 saturated heterocycles. The molecular formula is C13H18N2O2. The van der Waals surface area contributed by atoms with Crippen molar-refractivity contribution in [1.29, 1.82) is 0 Å². The molecular weight excluding hydrogens is 216 g/mol. The number of hydrazone groups is 1. The number of aryl methyl sites for hydroxylation is 1. The molecule has 0 bridgehead atoms. The van der Waals surface area contributed by atoms with Crippen molar-refractivity contribution < 1.29 is 9.21 Å². The summed E-state index contributed by atoms with van der Waals surface area (Å²) in [5.74, 6) is 0.979. The zero-order valence-electron chi connectivity index (χ0n) is 10.3. The molecule has 17 heavy (non-hydrogen) atoms. The van der Waals surface area contributed by atoms with Crippen LogP contribution in [0.25, 0.3) is 0 Å². The van der Waals surface area contributed by atoms with Crippen LogP contribution in [-0.2, 0) is 0 Å². The van der Waals surface area contributed by atoms with Crippen molar-refractivity contribution in [3.05, 3.63) is 23.7 Å². The van der Waals surface area contributed by atoms with E-state index in [1.165, 1.54) is 19.1 Å². The quantitative estimate of drug-likeness (QED) is 0.817. The van der Waals surface area contributed by atoms with Gasteiger partial charge in [-0.25, -0.2) is 5.43 Å². The Kier molecular flexibility index (Phi) is 3.61. The first-order chi connectivity index (χ1) is 8.22. The molecule has 0 aliphatic heterocycles. The summed E-state index contributed by atoms with van der Waals surface area (Å²) in [4.78, 5) is 11.8. The molecule has 0 spiro atoms. The maximum Gasteiger partial charge on any atom is 0.274 e. The molecule has 1 aromatic rings. The summed E-state index contributed by atoms with van der Waals surface area (Å²) in [7, 11) is 0. The Hall–Kier alpha value is -1.58. The Morgan fingerprint density at radius 1 is 1.65 bits per heavy atom. The fraction of sp³-hybridized carbons (Fsp3) is 0.538. The summed E-state index contributed by atoms with van der Waals surface area (Å²) in [5, 5.41) is 4.25. The van der Waals surface area contributed by atoms with Crippen molar-refractivity contribution in [2.75, 3.05) is 0 Å². The minimum absolute atomic E-state index is 0.189. The third-order valence-electron chi connectivity index (χ3n) is 3.35. The standard InChI is InChI=1S/C13H18N2O2/c1-3-10-5-4-6-12(10)14-15-13(16)11-7-8-17-9(11)2/h7-8,10H,3-6H2,1-2H3,(H,15,16)/b14-12-. The van der Waals surface area contributed by atoms with Gasteiger partial charge in [0.2, 0.25) is 0 Å². The molecule has 1 atom stereocenters. The Labute approximate surface area is 101 Å². The number of nitrogens with zero attached hydrogens (tertiary/aromatic N) is 1. The van der Waals surface area contributed by atoms with Gasteiger partial charge >= 0.3 is 0 Å². The van der Waals surface area contributed by atoms with Gasteiger partial charge in [-0.1, -0.05) is 6.92 Å². The first kappa shape index (κ1) is 11.9. The average Bonchev–Trinajstić information content (AvgIpc) is 2.94. The molecule has 0 radical (unpaired) electrons. The van der Waals surface area contributed by atoms with Gasteiger partial charge < -0.3 is 4.42 Å². The number of hydrogen-bond donors (Lipinski definition) is 1. The first-order valence-electron chi connectivity index (χ1n) is 6.13. The van der Waals surface area contributed by atoms with Gasteiger partial charge in [-0.2, -0.15) is 5.10 Å². The second-order valence-electron chi connectivity index (χ2n) is 4.43. The molecule has 1 fully saturated rings. The monoisotopic (exact) mass is 234 g/mol. The van der Waals surface area contributed by atoms with Crippen LogP contribution in [0.1, 0.15) is 48.7 Å². The third kappa shape index (κ3) is 2.57. The number of nitrogens with one attached hydrogen (secondary N) is 1. The normalized spacial score (nSPS) is 22.0. The molecule has 4 heteroatoms. The lowest BCUT2D eigenvalue weighted by Gasteiger charge is -2.07. The van der Waals surface area contributed by atoms with Crippen molar-refractivity contribution >= 4 is 11.6 Å². The summed E-state index contributed by atoms with van der Waals surface area (Å²) in [5.41, 5.74) is 4.30. The van der Waals surface area contributed by atoms with Gasteiger partial charge in [0.25, 0.3) is 5.91 Å². The van der Waals surface area contributed by atoms with Crippen LogP contribution in [0.4, 0.5) is 0 Å². The average molecular weight is 234 g/mol. The lowest BCUT2D eigenvalue weighted by molar-refractivity contribution is 0.0953. The van der Waals surface area contributed by atoms with Crippen molar-refractivity contribution in [2.24, 2.45) is 11.0 Å². The van der Waals surface area contributed by atoms with Crippen LogP contribution in [0.5, 0.6) is 0 Å². The van der Waals surface area contributed by atoms with E-state index in [4.69, 9.17) is 4.42 Å². The molecule has 1 aromatic heterocycles. The van der Waals surface area contributed by atoms with Crippen LogP contribution in [0.2, 0.25) is 0 Å². The van der Waals surface area contributed by atoms with E-state index >= 15 is 0 Å². The minimum atomic E-state index is -0.189. The maximum atomic E-state index is 11.8. The largest absolute Gasteiger partial charge is 0.469 e. The van der Waals surface area contributed by atoms with Crippen molar-refractivity contribution in [2.45, 2.75) is 39.5 Å². The van der Waals surface area contributed by atoms with E-state index in [1.54, 1.807) is 13.0 Å². The van der Waals surface area contributed by atoms with E-state index in [1.807, 2.05) is 0 Å². The lowest BCUT2D eigenvalue weighted by Crippen LogP contribution is -2.21. The van der Waals surface area contributed by atoms with Crippen LogP contribution >= 0.6 is 0 Å². The fourth-order valence-corrected chi connectivity index (χ4v) is 2.29. The molecule has 1 aliphatic carbocycles. The minimum Gasteiger partial charge on any atom is -0.469 e. The highest BCUT2D eigenvalue weighted by Gasteiger charge is 2.21. The molecule has 1 heterocycles. The van der Waals surface area contributed by atoms with Gasteiger partial charge in [0.05, 0.1) is 11.8 Å². The number of hydrogen-bond acceptors (Lipinski definition) is 3. The van der Waals surface area contributed by atoms with E-state index in [-0.39, 0.29) is 5.91 Å². The van der Waals surface area contributed by atoms with Gasteiger partial charge in [-0.3, -0.25) is 4.79 Å². The van der Waals surface area contributed by atoms with E-state index in [0.717, 1.165) is 18.6 Å². The van der Waals surface area contributed by atoms with Crippen molar-refractivity contribution in [3.8, 4) is 0 Å². The summed E-state index contributed by atoms with van der Waals surface area (Å²) in [6.45, 7) is 3.93. The smallest absolute Gasteiger partial charge is 0.274 e. The summed E-state index contributed by atoms with van der Waals surface area (Å²) >= 11 is 0. The zero-order valence-corrected chi connectivity index (χ0v) is 10.3. The van der Waals surface area contributed by atoms with Crippen molar-refractivity contribution in [3.63, 3.8) is 0 Å². The molecule has 1 aliphatic rings. The Bertz CT molecular complexity index is 434. The van der Waals surface area contributed by atoms with Crippen LogP contribution in [0, 0.1) is 12.8 Å². The maximum absolute atomic E-state index is 11.8. The number of rotatable bonds is 3. The topological polar surface area (TPSA) is 54.6 Å². The molecule has 1 N–H and O–H groups in total. The molecule has 1 saturated carbocycles. The summed E-state index contributed by atoms with van der Waals surface area (Å²) in [6.07, 6.45) is 5.98. The molecule has 1 unspecified atom stereocenters. The van der Waals surface area contributed by atoms with E-state index in [0.29, 0.717) is 17.2 Å². The first-order valence-corrected chi connectivity index (χ1v) is 6.13. The van der Waals surface area contributed by atoms with Crippen LogP contribution in [0.3, 0.4) is 0 Å². The molecule has 0 aromatic carbocycles. The Morgan fingerprint density at radius 3 is 3.12 bits per heavy atom. The molecule has 1 amide bonds. The molecule has 92 valence electrons. The number of carbonyl (C=O) groups excluding carboxylic acids is 1. The predicted molar refractivity (Wildman–Crippen MR) is 66.0 cm³/mol. The van der Waals surface area contributed by atoms with E-state index in [2.05, 4.69) is 17.5 Å². The third-order valence-corrected chi connectivity index (χ3v) is 3.35. The highest BCUT2D eigenvalue weighted by Crippen LogP contribution is 2.24. The number of carbonyl (C=O) groups is 1. The van der Waals surface area contributed by atoms with Crippen molar-refractivity contribution in [1.82, 2.24) is 5.43 Å². The highest BCUT2D eigenvalue weighted by atomic mass is 16.3. The zero-order chi connectivity index (χ0) is 12.3. The van der Waals surface area contributed by atoms with Gasteiger partial charge in [-0.15, -0.1) is 0 Å². The fourth-order valence-electron chi connectivity index (χ4n) is 2.29. The van der Waals surface area contributed by atoms with E-state index in [9.17, 15) is 4.79 Å². The SMILES string of the molecule is CCC1CCC/C1=N/NC(=O)c1ccoc1C. The second-order valence-corrected chi connectivity index (χ2v) is 4.43. The summed E-state index contributed by atoms with van der Waals surface area (Å²) in [6, 6.07) is 1.66. The highest BCUT2D eigenvalue weighted by molar-refractivity contribution is 5.96. The van der Waals surface area contributed by atoms with Gasteiger partial charge in [0.1, 0.15) is 5.76 Å². The predicted octanol–water partition coefficient (Wildman–Crippen LogP) is 2.88. The van der Waals surface area contributed by atoms with Crippen LogP contribution < -0.4 is 5.43 Å². The van der Waals surface area contributed by atoms with Gasteiger partial charge in [0.15, 0.2) is 0 Å². The lowest BCUT2D eigenvalue weighted by atomic mass is 10.0. The van der Waals surface area contributed by atoms with Crippen LogP contribution in [0.15, 0.2) is 21.8 Å². The summed E-state index contributed by atoms with van der Waals surface area (Å²) < 4.78 is 5.09. The Balaban J connectivity index is 2.00.